The number of ether oxygens (including phenoxy) is 1. The van der Waals surface area contributed by atoms with Gasteiger partial charge in [-0.15, -0.1) is 0 Å². The van der Waals surface area contributed by atoms with Gasteiger partial charge in [-0.1, -0.05) is 24.3 Å². The number of alkyl halides is 3. The second-order valence-corrected chi connectivity index (χ2v) is 7.35. The fourth-order valence-corrected chi connectivity index (χ4v) is 2.68. The molecule has 1 aliphatic heterocycles. The first-order valence-corrected chi connectivity index (χ1v) is 9.13. The normalized spacial score (nSPS) is 16.0. The van der Waals surface area contributed by atoms with Crippen LogP contribution in [0.3, 0.4) is 0 Å². The van der Waals surface area contributed by atoms with E-state index in [1.54, 1.807) is 24.3 Å². The lowest BCUT2D eigenvalue weighted by Gasteiger charge is -2.28. The zero-order valence-electron chi connectivity index (χ0n) is 13.2. The lowest BCUT2D eigenvalue weighted by atomic mass is 10.1. The van der Waals surface area contributed by atoms with E-state index in [-0.39, 0.29) is 18.5 Å². The van der Waals surface area contributed by atoms with Gasteiger partial charge in [0, 0.05) is 11.8 Å². The molecule has 1 saturated heterocycles. The zero-order valence-corrected chi connectivity index (χ0v) is 14.0. The van der Waals surface area contributed by atoms with Crippen LogP contribution in [0.5, 0.6) is 0 Å². The summed E-state index contributed by atoms with van der Waals surface area (Å²) < 4.78 is 72.1. The molecule has 0 saturated carbocycles. The van der Waals surface area contributed by atoms with Gasteiger partial charge in [0.25, 0.3) is 10.1 Å². The third kappa shape index (κ3) is 4.20. The molecule has 0 aliphatic carbocycles. The summed E-state index contributed by atoms with van der Waals surface area (Å²) in [5, 5.41) is 0. The van der Waals surface area contributed by atoms with Gasteiger partial charge in [-0.25, -0.2) is 4.98 Å². The van der Waals surface area contributed by atoms with Crippen LogP contribution < -0.4 is 0 Å². The third-order valence-electron chi connectivity index (χ3n) is 3.69. The molecule has 0 spiro atoms. The number of hydrogen-bond donors (Lipinski definition) is 0. The van der Waals surface area contributed by atoms with E-state index >= 15 is 0 Å². The number of aromatic nitrogens is 2. The van der Waals surface area contributed by atoms with Crippen molar-refractivity contribution in [2.75, 3.05) is 19.5 Å². The molecule has 1 aliphatic rings. The molecular weight excluding hydrogens is 361 g/mol. The first-order chi connectivity index (χ1) is 11.6. The smallest absolute Gasteiger partial charge is 0.377 e. The molecule has 136 valence electrons. The standard InChI is InChI=1S/C15H15F3N2O4S/c1-25(21,22)24-7-10-2-4-11(5-3-10)14-19-13(15(16,17)18)6-20(14)12-8-23-9-12/h2-6,12H,7-9H2,1H3. The van der Waals surface area contributed by atoms with E-state index in [4.69, 9.17) is 4.74 Å². The van der Waals surface area contributed by atoms with Crippen LogP contribution >= 0.6 is 0 Å². The number of rotatable bonds is 5. The lowest BCUT2D eigenvalue weighted by Crippen LogP contribution is -2.30. The van der Waals surface area contributed by atoms with E-state index in [1.807, 2.05) is 0 Å². The van der Waals surface area contributed by atoms with Crippen LogP contribution in [0.2, 0.25) is 0 Å². The second-order valence-electron chi connectivity index (χ2n) is 5.71. The van der Waals surface area contributed by atoms with Crippen molar-refractivity contribution in [1.82, 2.24) is 9.55 Å². The summed E-state index contributed by atoms with van der Waals surface area (Å²) in [6.45, 7) is 0.527. The van der Waals surface area contributed by atoms with Gasteiger partial charge >= 0.3 is 6.18 Å². The van der Waals surface area contributed by atoms with Crippen LogP contribution in [0.4, 0.5) is 13.2 Å². The highest BCUT2D eigenvalue weighted by Crippen LogP contribution is 2.34. The number of hydrogen-bond acceptors (Lipinski definition) is 5. The van der Waals surface area contributed by atoms with Crippen molar-refractivity contribution < 1.29 is 30.5 Å². The lowest BCUT2D eigenvalue weighted by molar-refractivity contribution is -0.141. The Kier molecular flexibility index (Phi) is 4.60. The molecule has 3 rings (SSSR count). The molecule has 0 unspecified atom stereocenters. The van der Waals surface area contributed by atoms with Gasteiger partial charge in [0.2, 0.25) is 0 Å². The summed E-state index contributed by atoms with van der Waals surface area (Å²) in [5.74, 6) is 0.191. The van der Waals surface area contributed by atoms with Gasteiger partial charge in [-0.2, -0.15) is 21.6 Å². The Morgan fingerprint density at radius 1 is 1.28 bits per heavy atom. The van der Waals surface area contributed by atoms with Crippen molar-refractivity contribution in [3.8, 4) is 11.4 Å². The highest BCUT2D eigenvalue weighted by atomic mass is 32.2. The number of nitrogens with zero attached hydrogens (tertiary/aromatic N) is 2. The van der Waals surface area contributed by atoms with Gasteiger partial charge in [0.05, 0.1) is 32.1 Å². The van der Waals surface area contributed by atoms with Crippen molar-refractivity contribution in [2.45, 2.75) is 18.8 Å². The molecule has 0 bridgehead atoms. The molecule has 10 heteroatoms. The largest absolute Gasteiger partial charge is 0.434 e. The Morgan fingerprint density at radius 2 is 1.92 bits per heavy atom. The summed E-state index contributed by atoms with van der Waals surface area (Å²) >= 11 is 0. The molecule has 2 aromatic rings. The first kappa shape index (κ1) is 17.9. The van der Waals surface area contributed by atoms with E-state index in [0.29, 0.717) is 24.3 Å². The predicted octanol–water partition coefficient (Wildman–Crippen LogP) is 2.62. The van der Waals surface area contributed by atoms with Crippen LogP contribution in [0.25, 0.3) is 11.4 Å². The van der Waals surface area contributed by atoms with Crippen LogP contribution in [0, 0.1) is 0 Å². The molecule has 0 amide bonds. The summed E-state index contributed by atoms with van der Waals surface area (Å²) in [6.07, 6.45) is -2.60. The van der Waals surface area contributed by atoms with Crippen LogP contribution in [0.1, 0.15) is 17.3 Å². The number of benzene rings is 1. The van der Waals surface area contributed by atoms with Crippen LogP contribution in [-0.2, 0) is 31.8 Å². The highest BCUT2D eigenvalue weighted by molar-refractivity contribution is 7.85. The van der Waals surface area contributed by atoms with Gasteiger partial charge in [-0.3, -0.25) is 4.18 Å². The molecule has 1 aromatic heterocycles. The predicted molar refractivity (Wildman–Crippen MR) is 82.2 cm³/mol. The van der Waals surface area contributed by atoms with E-state index in [1.165, 1.54) is 4.57 Å². The number of halogens is 3. The summed E-state index contributed by atoms with van der Waals surface area (Å²) in [7, 11) is -3.57. The van der Waals surface area contributed by atoms with Crippen LogP contribution in [0.15, 0.2) is 30.5 Å². The topological polar surface area (TPSA) is 70.4 Å². The summed E-state index contributed by atoms with van der Waals surface area (Å²) in [5.41, 5.74) is 0.111. The molecule has 6 nitrogen and oxygen atoms in total. The van der Waals surface area contributed by atoms with Gasteiger partial charge < -0.3 is 9.30 Å². The van der Waals surface area contributed by atoms with E-state index in [2.05, 4.69) is 9.17 Å². The maximum atomic E-state index is 13.0. The van der Waals surface area contributed by atoms with Gasteiger partial charge in [0.1, 0.15) is 5.82 Å². The minimum Gasteiger partial charge on any atom is -0.377 e. The van der Waals surface area contributed by atoms with Crippen molar-refractivity contribution in [2.24, 2.45) is 0 Å². The SMILES string of the molecule is CS(=O)(=O)OCc1ccc(-c2nc(C(F)(F)F)cn2C2COC2)cc1. The summed E-state index contributed by atoms with van der Waals surface area (Å²) in [4.78, 5) is 3.72. The van der Waals surface area contributed by atoms with E-state index in [0.717, 1.165) is 12.5 Å². The molecular formula is C15H15F3N2O4S. The Morgan fingerprint density at radius 3 is 2.40 bits per heavy atom. The fourth-order valence-electron chi connectivity index (χ4n) is 2.33. The third-order valence-corrected chi connectivity index (χ3v) is 4.23. The Labute approximate surface area is 142 Å². The Bertz CT molecular complexity index is 856. The van der Waals surface area contributed by atoms with Gasteiger partial charge in [-0.05, 0) is 5.56 Å². The van der Waals surface area contributed by atoms with Crippen molar-refractivity contribution in [1.29, 1.82) is 0 Å². The molecule has 2 heterocycles. The van der Waals surface area contributed by atoms with E-state index < -0.39 is 22.0 Å². The zero-order chi connectivity index (χ0) is 18.2. The minimum absolute atomic E-state index is 0.141. The van der Waals surface area contributed by atoms with E-state index in [9.17, 15) is 21.6 Å². The Hall–Kier alpha value is -1.91. The van der Waals surface area contributed by atoms with Gasteiger partial charge in [0.15, 0.2) is 5.69 Å². The molecule has 1 fully saturated rings. The molecule has 0 atom stereocenters. The van der Waals surface area contributed by atoms with Crippen molar-refractivity contribution in [3.63, 3.8) is 0 Å². The minimum atomic E-state index is -4.53. The quantitative estimate of drug-likeness (QED) is 0.751. The molecule has 25 heavy (non-hydrogen) atoms. The molecule has 0 N–H and O–H groups in total. The number of imidazole rings is 1. The second kappa shape index (κ2) is 6.43. The monoisotopic (exact) mass is 376 g/mol. The highest BCUT2D eigenvalue weighted by Gasteiger charge is 2.36. The van der Waals surface area contributed by atoms with Crippen molar-refractivity contribution in [3.05, 3.63) is 41.7 Å². The molecule has 1 aromatic carbocycles. The van der Waals surface area contributed by atoms with Crippen LogP contribution in [-0.4, -0.2) is 37.4 Å². The van der Waals surface area contributed by atoms with Crippen molar-refractivity contribution >= 4 is 10.1 Å². The maximum absolute atomic E-state index is 13.0. The first-order valence-electron chi connectivity index (χ1n) is 7.31. The summed E-state index contributed by atoms with van der Waals surface area (Å²) in [6, 6.07) is 6.15. The molecule has 0 radical (unpaired) electrons. The maximum Gasteiger partial charge on any atom is 0.434 e. The fraction of sp³-hybridized carbons (Fsp3) is 0.400. The Balaban J connectivity index is 1.88. The average molecular weight is 376 g/mol. The average Bonchev–Trinajstić information content (AvgIpc) is 2.88.